The summed E-state index contributed by atoms with van der Waals surface area (Å²) < 4.78 is 23.7. The Bertz CT molecular complexity index is 1670. The molecular formula is C48H76N2O16. The Morgan fingerprint density at radius 1 is 0.682 bits per heavy atom. The van der Waals surface area contributed by atoms with Crippen molar-refractivity contribution in [2.75, 3.05) is 7.11 Å². The highest BCUT2D eigenvalue weighted by molar-refractivity contribution is 5.70. The van der Waals surface area contributed by atoms with Crippen LogP contribution < -0.4 is 5.73 Å². The maximum absolute atomic E-state index is 12.6. The van der Waals surface area contributed by atoms with Gasteiger partial charge in [0, 0.05) is 37.5 Å². The van der Waals surface area contributed by atoms with Gasteiger partial charge in [-0.3, -0.25) is 4.79 Å². The number of cyclic esters (lactones) is 1. The van der Waals surface area contributed by atoms with Crippen molar-refractivity contribution in [3.8, 4) is 0 Å². The molecular weight excluding hydrogens is 861 g/mol. The molecule has 2 fully saturated rings. The van der Waals surface area contributed by atoms with Crippen LogP contribution in [0.3, 0.4) is 0 Å². The van der Waals surface area contributed by atoms with Crippen molar-refractivity contribution in [1.82, 2.24) is 0 Å². The molecule has 18 nitrogen and oxygen atoms in total. The molecule has 66 heavy (non-hydrogen) atoms. The van der Waals surface area contributed by atoms with Crippen LogP contribution in [0, 0.1) is 17.8 Å². The minimum Gasteiger partial charge on any atom is -0.462 e. The average molecular weight is 937 g/mol. The van der Waals surface area contributed by atoms with Crippen LogP contribution in [0.15, 0.2) is 90.2 Å². The maximum atomic E-state index is 12.6. The number of fused-ring (bicyclic) bond motifs is 2. The van der Waals surface area contributed by atoms with E-state index in [1.54, 1.807) is 51.2 Å². The SMILES string of the molecule is CO/N=C\[C@H]1[C@@H]2C[C@@H](O[C@@H]3O[C@H](C)[C@@H](O)[C@H](N)[C@@H]3O)/C=C/C=C/C=C/C=C/C=C/C=C/C=C/[C@H](C)[C@@H](O)[C@@H](C)[C@H](C)OC(=O)C[C@H](O)C[C@H](O)CC[C@@H](O)[C@H](O)C[C@H](O)C[C@](O)(C[C@@H]1O)O2. The van der Waals surface area contributed by atoms with Crippen molar-refractivity contribution in [1.29, 1.82) is 0 Å². The number of nitrogens with two attached hydrogens (primary N) is 1. The van der Waals surface area contributed by atoms with Crippen molar-refractivity contribution in [2.24, 2.45) is 28.6 Å². The van der Waals surface area contributed by atoms with Crippen LogP contribution in [0.25, 0.3) is 0 Å². The van der Waals surface area contributed by atoms with Gasteiger partial charge in [-0.2, -0.15) is 0 Å². The number of carbonyl (C=O) groups excluding carboxylic acids is 1. The monoisotopic (exact) mass is 937 g/mol. The molecule has 0 unspecified atom stereocenters. The third-order valence-corrected chi connectivity index (χ3v) is 12.1. The molecule has 0 aliphatic carbocycles. The standard InChI is InChI=1S/C48H76N2O16/c1-29-18-16-14-12-10-8-6-7-9-11-13-15-17-19-36(65-47-46(60)43(49)45(59)32(4)64-47)25-41-37(28-50-62-5)40(56)27-48(61,66-41)26-35(53)23-39(55)38(54)21-20-33(51)22-34(52)24-42(57)63-31(3)30(2)44(29)58/h6-19,28-41,43-47,51-56,58-61H,20-27,49H2,1-5H3/b7-6+,10-8+,11-9+,14-12+,15-13+,18-16+,19-17+,50-28-/t29-,30-,31-,32+,33+,34+,35-,36-,37+,38+,39+,40-,41-,43-,44+,45+,46-,47-,48+/m0/s1. The van der Waals surface area contributed by atoms with Gasteiger partial charge in [0.25, 0.3) is 0 Å². The Labute approximate surface area is 388 Å². The summed E-state index contributed by atoms with van der Waals surface area (Å²) >= 11 is 0. The Kier molecular flexibility index (Phi) is 24.8. The number of rotatable bonds is 4. The fourth-order valence-corrected chi connectivity index (χ4v) is 8.00. The van der Waals surface area contributed by atoms with E-state index in [4.69, 9.17) is 29.5 Å². The number of carbonyl (C=O) groups is 1. The molecule has 0 aromatic rings. The van der Waals surface area contributed by atoms with Gasteiger partial charge in [-0.05, 0) is 33.1 Å². The van der Waals surface area contributed by atoms with Crippen molar-refractivity contribution in [2.45, 2.75) is 177 Å². The maximum Gasteiger partial charge on any atom is 0.308 e. The first kappa shape index (κ1) is 56.9. The first-order valence-corrected chi connectivity index (χ1v) is 22.8. The van der Waals surface area contributed by atoms with E-state index in [0.717, 1.165) is 0 Å². The highest BCUT2D eigenvalue weighted by Gasteiger charge is 2.48. The Balaban J connectivity index is 1.87. The fourth-order valence-electron chi connectivity index (χ4n) is 8.00. The Morgan fingerprint density at radius 3 is 1.88 bits per heavy atom. The number of ether oxygens (including phenoxy) is 4. The smallest absolute Gasteiger partial charge is 0.308 e. The predicted molar refractivity (Wildman–Crippen MR) is 245 cm³/mol. The molecule has 3 aliphatic heterocycles. The summed E-state index contributed by atoms with van der Waals surface area (Å²) in [6.07, 6.45) is 7.81. The molecule has 18 heteroatoms. The van der Waals surface area contributed by atoms with Crippen molar-refractivity contribution in [3.63, 3.8) is 0 Å². The number of aliphatic hydroxyl groups excluding tert-OH is 9. The second kappa shape index (κ2) is 28.8. The van der Waals surface area contributed by atoms with E-state index >= 15 is 0 Å². The molecule has 0 aromatic carbocycles. The van der Waals surface area contributed by atoms with Gasteiger partial charge in [0.2, 0.25) is 0 Å². The molecule has 0 radical (unpaired) electrons. The summed E-state index contributed by atoms with van der Waals surface area (Å²) in [7, 11) is 1.31. The van der Waals surface area contributed by atoms with Crippen LogP contribution in [0.5, 0.6) is 0 Å². The molecule has 3 heterocycles. The Hall–Kier alpha value is -3.44. The number of aliphatic hydroxyl groups is 10. The summed E-state index contributed by atoms with van der Waals surface area (Å²) in [6.45, 7) is 6.83. The minimum atomic E-state index is -2.15. The summed E-state index contributed by atoms with van der Waals surface area (Å²) in [5.74, 6) is -4.44. The molecule has 2 saturated heterocycles. The van der Waals surface area contributed by atoms with Crippen molar-refractivity contribution >= 4 is 12.2 Å². The van der Waals surface area contributed by atoms with Crippen LogP contribution in [-0.4, -0.2) is 168 Å². The summed E-state index contributed by atoms with van der Waals surface area (Å²) in [5, 5.41) is 113. The van der Waals surface area contributed by atoms with Crippen LogP contribution in [-0.2, 0) is 28.6 Å². The van der Waals surface area contributed by atoms with E-state index in [1.807, 2.05) is 61.6 Å². The highest BCUT2D eigenvalue weighted by Crippen LogP contribution is 2.37. The zero-order chi connectivity index (χ0) is 49.0. The van der Waals surface area contributed by atoms with Gasteiger partial charge in [0.05, 0.1) is 91.7 Å². The van der Waals surface area contributed by atoms with Gasteiger partial charge in [0.15, 0.2) is 12.1 Å². The normalized spacial score (nSPS) is 45.1. The zero-order valence-corrected chi connectivity index (χ0v) is 38.7. The first-order valence-electron chi connectivity index (χ1n) is 22.8. The number of nitrogens with zero attached hydrogens (tertiary/aromatic N) is 1. The molecule has 374 valence electrons. The molecule has 3 aliphatic rings. The second-order valence-electron chi connectivity index (χ2n) is 17.7. The summed E-state index contributed by atoms with van der Waals surface area (Å²) in [5.41, 5.74) is 6.08. The van der Waals surface area contributed by atoms with Crippen LogP contribution in [0.1, 0.15) is 79.1 Å². The minimum absolute atomic E-state index is 0.0716. The number of oxime groups is 1. The van der Waals surface area contributed by atoms with Gasteiger partial charge in [-0.25, -0.2) is 0 Å². The van der Waals surface area contributed by atoms with Crippen LogP contribution in [0.2, 0.25) is 0 Å². The van der Waals surface area contributed by atoms with Gasteiger partial charge in [0.1, 0.15) is 19.3 Å². The number of esters is 1. The van der Waals surface area contributed by atoms with E-state index in [2.05, 4.69) is 5.16 Å². The van der Waals surface area contributed by atoms with Gasteiger partial charge in [-0.15, -0.1) is 0 Å². The average Bonchev–Trinajstić information content (AvgIpc) is 3.24. The van der Waals surface area contributed by atoms with Crippen LogP contribution >= 0.6 is 0 Å². The van der Waals surface area contributed by atoms with E-state index in [9.17, 15) is 55.9 Å². The zero-order valence-electron chi connectivity index (χ0n) is 38.7. The largest absolute Gasteiger partial charge is 0.462 e. The topological polar surface area (TPSA) is 304 Å². The molecule has 0 aromatic heterocycles. The third kappa shape index (κ3) is 19.3. The van der Waals surface area contributed by atoms with Crippen LogP contribution in [0.4, 0.5) is 0 Å². The second-order valence-corrected chi connectivity index (χ2v) is 17.7. The third-order valence-electron chi connectivity index (χ3n) is 12.1. The quantitative estimate of drug-likeness (QED) is 0.107. The molecule has 0 saturated carbocycles. The van der Waals surface area contributed by atoms with Crippen molar-refractivity contribution < 1.29 is 79.6 Å². The van der Waals surface area contributed by atoms with E-state index in [1.165, 1.54) is 13.3 Å². The molecule has 12 N–H and O–H groups in total. The van der Waals surface area contributed by atoms with E-state index in [-0.39, 0.29) is 38.0 Å². The molecule has 3 rings (SSSR count). The lowest BCUT2D eigenvalue weighted by Crippen LogP contribution is -2.61. The number of hydrogen-bond donors (Lipinski definition) is 11. The number of hydrogen-bond acceptors (Lipinski definition) is 18. The number of allylic oxidation sites excluding steroid dienone is 12. The Morgan fingerprint density at radius 2 is 1.27 bits per heavy atom. The van der Waals surface area contributed by atoms with Gasteiger partial charge >= 0.3 is 5.97 Å². The summed E-state index contributed by atoms with van der Waals surface area (Å²) in [6, 6.07) is -1.09. The lowest BCUT2D eigenvalue weighted by Gasteiger charge is -2.45. The first-order chi connectivity index (χ1) is 31.2. The van der Waals surface area contributed by atoms with Gasteiger partial charge < -0.3 is 80.6 Å². The molecule has 19 atom stereocenters. The van der Waals surface area contributed by atoms with Crippen molar-refractivity contribution in [3.05, 3.63) is 85.1 Å². The van der Waals surface area contributed by atoms with Gasteiger partial charge in [-0.1, -0.05) is 104 Å². The van der Waals surface area contributed by atoms with E-state index in [0.29, 0.717) is 0 Å². The fraction of sp³-hybridized carbons (Fsp3) is 0.667. The lowest BCUT2D eigenvalue weighted by molar-refractivity contribution is -0.304. The summed E-state index contributed by atoms with van der Waals surface area (Å²) in [4.78, 5) is 17.5. The van der Waals surface area contributed by atoms with E-state index < -0.39 is 135 Å². The highest BCUT2D eigenvalue weighted by atomic mass is 16.7. The molecule has 2 bridgehead atoms. The predicted octanol–water partition coefficient (Wildman–Crippen LogP) is 1.26. The molecule has 0 spiro atoms. The molecule has 0 amide bonds. The lowest BCUT2D eigenvalue weighted by atomic mass is 9.83.